The Balaban J connectivity index is 1.77. The first-order valence-corrected chi connectivity index (χ1v) is 7.93. The van der Waals surface area contributed by atoms with E-state index in [0.29, 0.717) is 30.3 Å². The molecular formula is C17H22N4O3. The number of carbonyl (C=O) groups excluding carboxylic acids is 1. The van der Waals surface area contributed by atoms with Crippen LogP contribution in [0.2, 0.25) is 0 Å². The van der Waals surface area contributed by atoms with Gasteiger partial charge in [-0.15, -0.1) is 0 Å². The molecule has 1 fully saturated rings. The maximum Gasteiger partial charge on any atom is 0.329 e. The van der Waals surface area contributed by atoms with Crippen LogP contribution in [0.1, 0.15) is 12.8 Å². The summed E-state index contributed by atoms with van der Waals surface area (Å²) < 4.78 is 12.0. The van der Waals surface area contributed by atoms with Crippen LogP contribution in [0, 0.1) is 0 Å². The molecule has 7 heteroatoms. The van der Waals surface area contributed by atoms with Crippen molar-refractivity contribution in [1.29, 1.82) is 0 Å². The SMILES string of the molecule is COc1ccc(-c2cn(C(=O)N(C)C3CCOCC3)cn2)cc1N. The Morgan fingerprint density at radius 1 is 1.42 bits per heavy atom. The Morgan fingerprint density at radius 2 is 2.17 bits per heavy atom. The van der Waals surface area contributed by atoms with E-state index in [-0.39, 0.29) is 12.1 Å². The fraction of sp³-hybridized carbons (Fsp3) is 0.412. The number of hydrogen-bond acceptors (Lipinski definition) is 5. The Labute approximate surface area is 141 Å². The normalized spacial score (nSPS) is 15.2. The monoisotopic (exact) mass is 330 g/mol. The Hall–Kier alpha value is -2.54. The lowest BCUT2D eigenvalue weighted by molar-refractivity contribution is 0.0528. The van der Waals surface area contributed by atoms with Crippen LogP contribution in [0.4, 0.5) is 10.5 Å². The van der Waals surface area contributed by atoms with E-state index in [1.807, 2.05) is 13.1 Å². The largest absolute Gasteiger partial charge is 0.495 e. The number of nitrogens with zero attached hydrogens (tertiary/aromatic N) is 3. The molecule has 2 heterocycles. The van der Waals surface area contributed by atoms with Crippen LogP contribution in [-0.2, 0) is 4.74 Å². The molecule has 0 spiro atoms. The summed E-state index contributed by atoms with van der Waals surface area (Å²) in [5.74, 6) is 0.619. The predicted molar refractivity (Wildman–Crippen MR) is 91.0 cm³/mol. The van der Waals surface area contributed by atoms with E-state index in [1.165, 1.54) is 10.9 Å². The molecule has 0 unspecified atom stereocenters. The minimum Gasteiger partial charge on any atom is -0.495 e. The molecule has 3 rings (SSSR count). The van der Waals surface area contributed by atoms with Crippen molar-refractivity contribution in [3.05, 3.63) is 30.7 Å². The number of anilines is 1. The van der Waals surface area contributed by atoms with Crippen molar-refractivity contribution in [2.24, 2.45) is 0 Å². The first-order chi connectivity index (χ1) is 11.6. The molecule has 1 aromatic heterocycles. The van der Waals surface area contributed by atoms with Gasteiger partial charge in [0.15, 0.2) is 0 Å². The van der Waals surface area contributed by atoms with Crippen molar-refractivity contribution in [2.45, 2.75) is 18.9 Å². The van der Waals surface area contributed by atoms with Crippen molar-refractivity contribution in [3.63, 3.8) is 0 Å². The van der Waals surface area contributed by atoms with Gasteiger partial charge in [0.2, 0.25) is 0 Å². The van der Waals surface area contributed by atoms with E-state index in [4.69, 9.17) is 15.2 Å². The molecule has 0 atom stereocenters. The summed E-state index contributed by atoms with van der Waals surface area (Å²) in [5, 5.41) is 0. The van der Waals surface area contributed by atoms with Gasteiger partial charge >= 0.3 is 6.03 Å². The zero-order valence-corrected chi connectivity index (χ0v) is 13.9. The van der Waals surface area contributed by atoms with E-state index in [0.717, 1.165) is 18.4 Å². The Kier molecular flexibility index (Phi) is 4.71. The highest BCUT2D eigenvalue weighted by Crippen LogP contribution is 2.27. The van der Waals surface area contributed by atoms with Crippen LogP contribution in [0.5, 0.6) is 5.75 Å². The maximum absolute atomic E-state index is 12.6. The molecule has 1 saturated heterocycles. The number of hydrogen-bond donors (Lipinski definition) is 1. The van der Waals surface area contributed by atoms with Gasteiger partial charge in [-0.05, 0) is 31.0 Å². The van der Waals surface area contributed by atoms with Gasteiger partial charge in [-0.25, -0.2) is 9.78 Å². The van der Waals surface area contributed by atoms with Crippen LogP contribution in [0.3, 0.4) is 0 Å². The van der Waals surface area contributed by atoms with Crippen LogP contribution in [0.15, 0.2) is 30.7 Å². The molecule has 0 bridgehead atoms. The van der Waals surface area contributed by atoms with Crippen molar-refractivity contribution >= 4 is 11.7 Å². The smallest absolute Gasteiger partial charge is 0.329 e. The fourth-order valence-corrected chi connectivity index (χ4v) is 2.88. The van der Waals surface area contributed by atoms with Crippen LogP contribution in [-0.4, -0.2) is 53.9 Å². The van der Waals surface area contributed by atoms with Crippen LogP contribution >= 0.6 is 0 Å². The lowest BCUT2D eigenvalue weighted by Gasteiger charge is -2.30. The number of aromatic nitrogens is 2. The topological polar surface area (TPSA) is 82.6 Å². The van der Waals surface area contributed by atoms with Gasteiger partial charge in [0.1, 0.15) is 12.1 Å². The summed E-state index contributed by atoms with van der Waals surface area (Å²) in [6.45, 7) is 1.39. The van der Waals surface area contributed by atoms with E-state index in [1.54, 1.807) is 30.3 Å². The number of nitrogen functional groups attached to an aromatic ring is 1. The lowest BCUT2D eigenvalue weighted by Crippen LogP contribution is -2.42. The molecule has 0 radical (unpaired) electrons. The Morgan fingerprint density at radius 3 is 2.83 bits per heavy atom. The summed E-state index contributed by atoms with van der Waals surface area (Å²) in [4.78, 5) is 18.7. The highest BCUT2D eigenvalue weighted by Gasteiger charge is 2.23. The minimum atomic E-state index is -0.0952. The zero-order valence-electron chi connectivity index (χ0n) is 13.9. The standard InChI is InChI=1S/C17H22N4O3/c1-20(13-5-7-24-8-6-13)17(22)21-10-15(19-11-21)12-3-4-16(23-2)14(18)9-12/h3-4,9-11,13H,5-8,18H2,1-2H3. The second kappa shape index (κ2) is 6.92. The highest BCUT2D eigenvalue weighted by molar-refractivity contribution is 5.78. The van der Waals surface area contributed by atoms with E-state index >= 15 is 0 Å². The number of ether oxygens (including phenoxy) is 2. The van der Waals surface area contributed by atoms with Crippen molar-refractivity contribution < 1.29 is 14.3 Å². The van der Waals surface area contributed by atoms with E-state index < -0.39 is 0 Å². The predicted octanol–water partition coefficient (Wildman–Crippen LogP) is 2.22. The third-order valence-corrected chi connectivity index (χ3v) is 4.37. The first-order valence-electron chi connectivity index (χ1n) is 7.93. The molecule has 1 amide bonds. The molecule has 0 aliphatic carbocycles. The second-order valence-electron chi connectivity index (χ2n) is 5.86. The molecule has 1 aliphatic rings. The highest BCUT2D eigenvalue weighted by atomic mass is 16.5. The van der Waals surface area contributed by atoms with Gasteiger partial charge in [-0.3, -0.25) is 4.57 Å². The summed E-state index contributed by atoms with van der Waals surface area (Å²) in [6.07, 6.45) is 4.98. The van der Waals surface area contributed by atoms with Gasteiger partial charge in [-0.2, -0.15) is 0 Å². The van der Waals surface area contributed by atoms with E-state index in [2.05, 4.69) is 4.98 Å². The van der Waals surface area contributed by atoms with E-state index in [9.17, 15) is 4.79 Å². The molecule has 24 heavy (non-hydrogen) atoms. The summed E-state index contributed by atoms with van der Waals surface area (Å²) >= 11 is 0. The van der Waals surface area contributed by atoms with Gasteiger partial charge in [0.25, 0.3) is 0 Å². The lowest BCUT2D eigenvalue weighted by atomic mass is 10.1. The molecular weight excluding hydrogens is 308 g/mol. The maximum atomic E-state index is 12.6. The molecule has 1 aromatic carbocycles. The molecule has 2 N–H and O–H groups in total. The number of rotatable bonds is 3. The number of nitrogens with two attached hydrogens (primary N) is 1. The third-order valence-electron chi connectivity index (χ3n) is 4.37. The van der Waals surface area contributed by atoms with Gasteiger partial charge < -0.3 is 20.1 Å². The van der Waals surface area contributed by atoms with Crippen LogP contribution in [0.25, 0.3) is 11.3 Å². The molecule has 128 valence electrons. The minimum absolute atomic E-state index is 0.0952. The van der Waals surface area contributed by atoms with Gasteiger partial charge in [0, 0.05) is 38.1 Å². The van der Waals surface area contributed by atoms with Crippen molar-refractivity contribution in [2.75, 3.05) is 33.1 Å². The third kappa shape index (κ3) is 3.21. The molecule has 2 aromatic rings. The molecule has 0 saturated carbocycles. The second-order valence-corrected chi connectivity index (χ2v) is 5.86. The summed E-state index contributed by atoms with van der Waals surface area (Å²) in [6, 6.07) is 5.56. The molecule has 1 aliphatic heterocycles. The number of carbonyl (C=O) groups is 1. The number of amides is 1. The number of methoxy groups -OCH3 is 1. The fourth-order valence-electron chi connectivity index (χ4n) is 2.88. The number of imidazole rings is 1. The number of benzene rings is 1. The average molecular weight is 330 g/mol. The zero-order chi connectivity index (χ0) is 17.1. The Bertz CT molecular complexity index is 722. The quantitative estimate of drug-likeness (QED) is 0.873. The van der Waals surface area contributed by atoms with Crippen LogP contribution < -0.4 is 10.5 Å². The first kappa shape index (κ1) is 16.3. The van der Waals surface area contributed by atoms with Gasteiger partial charge in [0.05, 0.1) is 18.5 Å². The van der Waals surface area contributed by atoms with Crippen molar-refractivity contribution in [1.82, 2.24) is 14.5 Å². The summed E-state index contributed by atoms with van der Waals surface area (Å²) in [5.41, 5.74) is 8.01. The van der Waals surface area contributed by atoms with Gasteiger partial charge in [-0.1, -0.05) is 0 Å². The average Bonchev–Trinajstić information content (AvgIpc) is 3.11. The summed E-state index contributed by atoms with van der Waals surface area (Å²) in [7, 11) is 3.40. The van der Waals surface area contributed by atoms with Crippen molar-refractivity contribution in [3.8, 4) is 17.0 Å². The molecule has 7 nitrogen and oxygen atoms in total.